The lowest BCUT2D eigenvalue weighted by Gasteiger charge is -2.26. The summed E-state index contributed by atoms with van der Waals surface area (Å²) in [5.41, 5.74) is 4.75. The molecule has 1 saturated heterocycles. The fourth-order valence-electron chi connectivity index (χ4n) is 6.99. The van der Waals surface area contributed by atoms with Gasteiger partial charge in [-0.3, -0.25) is 9.05 Å². The zero-order chi connectivity index (χ0) is 41.8. The molecule has 4 rings (SSSR count). The number of rotatable bonds is 29. The molecule has 2 aromatic heterocycles. The van der Waals surface area contributed by atoms with Gasteiger partial charge >= 0.3 is 7.82 Å². The van der Waals surface area contributed by atoms with Gasteiger partial charge in [0.1, 0.15) is 54.8 Å². The second-order valence-electron chi connectivity index (χ2n) is 15.0. The van der Waals surface area contributed by atoms with Crippen molar-refractivity contribution >= 4 is 19.2 Å². The molecule has 0 amide bonds. The second kappa shape index (κ2) is 24.5. The van der Waals surface area contributed by atoms with Crippen LogP contribution in [0.15, 0.2) is 36.7 Å². The molecule has 1 aliphatic rings. The molecule has 1 fully saturated rings. The zero-order valence-electron chi connectivity index (χ0n) is 33.6. The monoisotopic (exact) mass is 830 g/mol. The van der Waals surface area contributed by atoms with E-state index >= 15 is 0 Å². The Morgan fingerprint density at radius 3 is 2.21 bits per heavy atom. The third-order valence-electron chi connectivity index (χ3n) is 10.3. The minimum absolute atomic E-state index is 0.0314. The Balaban J connectivity index is 1.21. The molecule has 3 heterocycles. The van der Waals surface area contributed by atoms with Gasteiger partial charge in [-0.15, -0.1) is 0 Å². The predicted molar refractivity (Wildman–Crippen MR) is 213 cm³/mol. The molecule has 15 nitrogen and oxygen atoms in total. The van der Waals surface area contributed by atoms with Gasteiger partial charge in [-0.1, -0.05) is 103 Å². The largest absolute Gasteiger partial charge is 0.472 e. The van der Waals surface area contributed by atoms with Gasteiger partial charge in [0, 0.05) is 6.61 Å². The van der Waals surface area contributed by atoms with Crippen LogP contribution in [0.3, 0.4) is 0 Å². The average molecular weight is 831 g/mol. The van der Waals surface area contributed by atoms with Crippen molar-refractivity contribution in [2.45, 2.75) is 146 Å². The van der Waals surface area contributed by atoms with E-state index in [4.69, 9.17) is 29.0 Å². The van der Waals surface area contributed by atoms with Crippen LogP contribution in [0.1, 0.15) is 133 Å². The number of nitrogen functional groups attached to an aromatic ring is 1. The van der Waals surface area contributed by atoms with Crippen molar-refractivity contribution in [3.05, 3.63) is 59.3 Å². The summed E-state index contributed by atoms with van der Waals surface area (Å²) in [6.07, 6.45) is 15.4. The van der Waals surface area contributed by atoms with E-state index in [1.807, 2.05) is 6.07 Å². The molecule has 1 aliphatic heterocycles. The maximum atomic E-state index is 14.1. The van der Waals surface area contributed by atoms with Crippen LogP contribution in [0.25, 0.3) is 5.52 Å². The molecule has 0 radical (unpaired) electrons. The first-order valence-corrected chi connectivity index (χ1v) is 22.1. The molecule has 1 aromatic carbocycles. The van der Waals surface area contributed by atoms with Gasteiger partial charge in [0.15, 0.2) is 5.82 Å². The number of unbranched alkanes of at least 4 members (excludes halogenated alkanes) is 15. The van der Waals surface area contributed by atoms with E-state index in [1.54, 1.807) is 12.1 Å². The molecule has 0 aliphatic carbocycles. The summed E-state index contributed by atoms with van der Waals surface area (Å²) in [7, 11) is -4.93. The quantitative estimate of drug-likeness (QED) is 0.0396. The fourth-order valence-corrected chi connectivity index (χ4v) is 7.78. The normalized spacial score (nSPS) is 20.8. The molecular formula is C41H60FN6O9P. The van der Waals surface area contributed by atoms with Crippen LogP contribution in [-0.2, 0) is 34.4 Å². The van der Waals surface area contributed by atoms with Crippen molar-refractivity contribution in [3.63, 3.8) is 0 Å². The van der Waals surface area contributed by atoms with Gasteiger partial charge in [0.25, 0.3) is 0 Å². The number of aliphatic hydroxyl groups is 2. The molecule has 1 unspecified atom stereocenters. The number of anilines is 1. The van der Waals surface area contributed by atoms with Crippen LogP contribution >= 0.6 is 7.82 Å². The summed E-state index contributed by atoms with van der Waals surface area (Å²) in [6, 6.07) is 10.5. The summed E-state index contributed by atoms with van der Waals surface area (Å²) >= 11 is 0. The number of nitrogens with two attached hydrogens (primary N) is 1. The summed E-state index contributed by atoms with van der Waals surface area (Å²) in [6.45, 7) is 1.03. The van der Waals surface area contributed by atoms with Crippen LogP contribution in [-0.4, -0.2) is 80.0 Å². The van der Waals surface area contributed by atoms with E-state index in [2.05, 4.69) is 17.0 Å². The molecule has 3 aromatic rings. The number of phosphoric ester groups is 1. The lowest BCUT2D eigenvalue weighted by Crippen LogP contribution is -2.45. The highest BCUT2D eigenvalue weighted by Crippen LogP contribution is 2.47. The Labute approximate surface area is 340 Å². The SMILES string of the molecule is CCCCCCCCCCCCCCCCCCOC[C@@H](COP(=O)(O)OC[C@@]1(C#N)O[C@@H](c2ccc3c(N)ncnn23)[C@H](O)[C@@H]1O)OCc1cc(F)cc(C#N)c1. The van der Waals surface area contributed by atoms with Crippen LogP contribution < -0.4 is 5.73 Å². The van der Waals surface area contributed by atoms with E-state index in [0.29, 0.717) is 17.7 Å². The summed E-state index contributed by atoms with van der Waals surface area (Å²) in [5, 5.41) is 45.1. The van der Waals surface area contributed by atoms with Crippen LogP contribution in [0.4, 0.5) is 10.2 Å². The van der Waals surface area contributed by atoms with E-state index in [1.165, 1.54) is 113 Å². The van der Waals surface area contributed by atoms with Gasteiger partial charge in [0.05, 0.1) is 37.1 Å². The number of ether oxygens (including phenoxy) is 3. The average Bonchev–Trinajstić information content (AvgIpc) is 3.76. The van der Waals surface area contributed by atoms with Crippen LogP contribution in [0.2, 0.25) is 0 Å². The molecule has 58 heavy (non-hydrogen) atoms. The molecule has 0 saturated carbocycles. The zero-order valence-corrected chi connectivity index (χ0v) is 34.4. The number of nitrogens with zero attached hydrogens (tertiary/aromatic N) is 5. The van der Waals surface area contributed by atoms with Crippen molar-refractivity contribution in [3.8, 4) is 12.1 Å². The number of hydrogen-bond acceptors (Lipinski definition) is 13. The number of phosphoric acid groups is 1. The number of benzene rings is 1. The number of hydrogen-bond donors (Lipinski definition) is 4. The minimum Gasteiger partial charge on any atom is -0.387 e. The summed E-state index contributed by atoms with van der Waals surface area (Å²) < 4.78 is 56.4. The second-order valence-corrected chi connectivity index (χ2v) is 16.4. The molecule has 0 bridgehead atoms. The number of aromatic nitrogens is 3. The lowest BCUT2D eigenvalue weighted by atomic mass is 9.96. The predicted octanol–water partition coefficient (Wildman–Crippen LogP) is 7.37. The fraction of sp³-hybridized carbons (Fsp3) is 0.659. The highest BCUT2D eigenvalue weighted by atomic mass is 31.2. The summed E-state index contributed by atoms with van der Waals surface area (Å²) in [5.74, 6) is -0.464. The maximum Gasteiger partial charge on any atom is 0.472 e. The molecule has 320 valence electrons. The molecule has 0 spiro atoms. The third kappa shape index (κ3) is 14.6. The molecule has 5 N–H and O–H groups in total. The molecule has 6 atom stereocenters. The third-order valence-corrected chi connectivity index (χ3v) is 11.3. The Hall–Kier alpha value is -3.54. The Morgan fingerprint density at radius 1 is 0.948 bits per heavy atom. The highest BCUT2D eigenvalue weighted by molar-refractivity contribution is 7.47. The lowest BCUT2D eigenvalue weighted by molar-refractivity contribution is -0.0790. The minimum atomic E-state index is -4.93. The van der Waals surface area contributed by atoms with Gasteiger partial charge in [-0.25, -0.2) is 18.5 Å². The summed E-state index contributed by atoms with van der Waals surface area (Å²) in [4.78, 5) is 14.5. The van der Waals surface area contributed by atoms with Crippen LogP contribution in [0.5, 0.6) is 0 Å². The number of aliphatic hydroxyl groups excluding tert-OH is 2. The van der Waals surface area contributed by atoms with E-state index < -0.39 is 56.9 Å². The van der Waals surface area contributed by atoms with E-state index in [-0.39, 0.29) is 30.3 Å². The number of nitriles is 2. The molecular weight excluding hydrogens is 770 g/mol. The number of halogens is 1. The van der Waals surface area contributed by atoms with E-state index in [9.17, 15) is 34.6 Å². The van der Waals surface area contributed by atoms with Crippen LogP contribution in [0, 0.1) is 28.5 Å². The Bertz CT molecular complexity index is 1820. The van der Waals surface area contributed by atoms with Crippen molar-refractivity contribution < 1.29 is 47.3 Å². The van der Waals surface area contributed by atoms with Crippen molar-refractivity contribution in [1.82, 2.24) is 14.6 Å². The Morgan fingerprint density at radius 2 is 1.59 bits per heavy atom. The highest BCUT2D eigenvalue weighted by Gasteiger charge is 2.57. The van der Waals surface area contributed by atoms with Crippen molar-refractivity contribution in [2.24, 2.45) is 0 Å². The number of fused-ring (bicyclic) bond motifs is 1. The topological polar surface area (TPSA) is 228 Å². The van der Waals surface area contributed by atoms with Gasteiger partial charge < -0.3 is 35.1 Å². The van der Waals surface area contributed by atoms with Crippen molar-refractivity contribution in [1.29, 1.82) is 10.5 Å². The van der Waals surface area contributed by atoms with Gasteiger partial charge in [0.2, 0.25) is 5.60 Å². The first-order chi connectivity index (χ1) is 28.0. The molecule has 17 heteroatoms. The smallest absolute Gasteiger partial charge is 0.387 e. The Kier molecular flexibility index (Phi) is 19.9. The standard InChI is InChI=1S/C41H60FN6O9P/c1-2-3-4-5-6-7-8-9-10-11-12-13-14-15-16-17-20-53-26-34(54-25-32-21-31(24-43)22-33(42)23-32)27-55-58(51,52)56-29-41(28-44)39(50)37(49)38(57-41)35-18-19-36-40(45)46-30-47-48(35)36/h18-19,21-23,30,34,37-39,49-50H,2-17,20,25-27,29H2,1H3,(H,51,52)(H2,45,46,47)/t34-,37-,38-,39-,41+/m0/s1. The van der Waals surface area contributed by atoms with Gasteiger partial charge in [-0.2, -0.15) is 15.6 Å². The first-order valence-electron chi connectivity index (χ1n) is 20.6. The van der Waals surface area contributed by atoms with Gasteiger partial charge in [-0.05, 0) is 42.3 Å². The first kappa shape index (κ1) is 47.1. The maximum absolute atomic E-state index is 14.1. The van der Waals surface area contributed by atoms with Crippen molar-refractivity contribution in [2.75, 3.05) is 32.2 Å². The van der Waals surface area contributed by atoms with E-state index in [0.717, 1.165) is 25.3 Å².